The van der Waals surface area contributed by atoms with E-state index in [-0.39, 0.29) is 12.2 Å². The average Bonchev–Trinajstić information content (AvgIpc) is 2.87. The summed E-state index contributed by atoms with van der Waals surface area (Å²) in [5.74, 6) is 0.192. The van der Waals surface area contributed by atoms with Crippen molar-refractivity contribution in [2.24, 2.45) is 0 Å². The highest BCUT2D eigenvalue weighted by Gasteiger charge is 2.49. The molecular weight excluding hydrogens is 350 g/mol. The number of nitro benzene ring substituents is 1. The molecule has 140 valence electrons. The lowest BCUT2D eigenvalue weighted by molar-refractivity contribution is -0.384. The van der Waals surface area contributed by atoms with Crippen molar-refractivity contribution in [1.29, 1.82) is 0 Å². The maximum Gasteiger partial charge on any atom is 0.325 e. The molecular formula is C19H19N3O5. The summed E-state index contributed by atoms with van der Waals surface area (Å²) < 4.78 is 5.56. The third kappa shape index (κ3) is 3.33. The van der Waals surface area contributed by atoms with E-state index in [9.17, 15) is 19.7 Å². The summed E-state index contributed by atoms with van der Waals surface area (Å²) >= 11 is 0. The van der Waals surface area contributed by atoms with Crippen LogP contribution < -0.4 is 10.1 Å². The first-order valence-electron chi connectivity index (χ1n) is 8.46. The van der Waals surface area contributed by atoms with Gasteiger partial charge < -0.3 is 10.1 Å². The van der Waals surface area contributed by atoms with Gasteiger partial charge in [-0.15, -0.1) is 0 Å². The quantitative estimate of drug-likeness (QED) is 0.479. The van der Waals surface area contributed by atoms with Crippen LogP contribution in [0.1, 0.15) is 25.0 Å². The normalized spacial score (nSPS) is 19.1. The Morgan fingerprint density at radius 3 is 2.44 bits per heavy atom. The van der Waals surface area contributed by atoms with Gasteiger partial charge in [-0.1, -0.05) is 18.2 Å². The van der Waals surface area contributed by atoms with Crippen molar-refractivity contribution in [1.82, 2.24) is 10.2 Å². The number of carbonyl (C=O) groups excluding carboxylic acids is 2. The molecule has 0 spiro atoms. The molecule has 0 aromatic heterocycles. The van der Waals surface area contributed by atoms with Gasteiger partial charge in [0.2, 0.25) is 0 Å². The van der Waals surface area contributed by atoms with Crippen LogP contribution in [0, 0.1) is 10.1 Å². The van der Waals surface area contributed by atoms with Gasteiger partial charge in [-0.2, -0.15) is 0 Å². The van der Waals surface area contributed by atoms with Crippen molar-refractivity contribution >= 4 is 17.6 Å². The molecule has 0 saturated carbocycles. The number of carbonyl (C=O) groups is 2. The molecule has 1 aliphatic rings. The first-order valence-corrected chi connectivity index (χ1v) is 8.46. The van der Waals surface area contributed by atoms with E-state index in [0.717, 1.165) is 10.5 Å². The highest BCUT2D eigenvalue weighted by molar-refractivity contribution is 6.07. The van der Waals surface area contributed by atoms with E-state index in [2.05, 4.69) is 5.32 Å². The fraction of sp³-hybridized carbons (Fsp3) is 0.263. The smallest absolute Gasteiger partial charge is 0.325 e. The Hall–Kier alpha value is -3.42. The Morgan fingerprint density at radius 2 is 1.81 bits per heavy atom. The number of urea groups is 1. The Kier molecular flexibility index (Phi) is 4.81. The second-order valence-corrected chi connectivity index (χ2v) is 6.29. The Bertz CT molecular complexity index is 896. The van der Waals surface area contributed by atoms with E-state index in [1.54, 1.807) is 19.1 Å². The number of hydrogen-bond acceptors (Lipinski definition) is 5. The van der Waals surface area contributed by atoms with Crippen LogP contribution in [0.15, 0.2) is 48.5 Å². The molecule has 0 aliphatic carbocycles. The number of rotatable bonds is 6. The van der Waals surface area contributed by atoms with Gasteiger partial charge >= 0.3 is 6.03 Å². The average molecular weight is 369 g/mol. The van der Waals surface area contributed by atoms with Crippen LogP contribution in [0.4, 0.5) is 10.5 Å². The van der Waals surface area contributed by atoms with Crippen molar-refractivity contribution in [2.75, 3.05) is 6.61 Å². The molecule has 1 N–H and O–H groups in total. The third-order valence-electron chi connectivity index (χ3n) is 4.53. The highest BCUT2D eigenvalue weighted by Crippen LogP contribution is 2.32. The van der Waals surface area contributed by atoms with Crippen LogP contribution in [0.3, 0.4) is 0 Å². The van der Waals surface area contributed by atoms with Crippen molar-refractivity contribution in [2.45, 2.75) is 25.9 Å². The van der Waals surface area contributed by atoms with Crippen LogP contribution in [-0.4, -0.2) is 28.4 Å². The molecule has 2 aromatic rings. The topological polar surface area (TPSA) is 102 Å². The molecule has 27 heavy (non-hydrogen) atoms. The summed E-state index contributed by atoms with van der Waals surface area (Å²) in [6, 6.07) is 12.3. The Morgan fingerprint density at radius 1 is 1.15 bits per heavy atom. The first kappa shape index (κ1) is 18.4. The van der Waals surface area contributed by atoms with Crippen LogP contribution in [0.2, 0.25) is 0 Å². The van der Waals surface area contributed by atoms with Crippen molar-refractivity contribution in [3.05, 3.63) is 69.8 Å². The van der Waals surface area contributed by atoms with Gasteiger partial charge in [0.05, 0.1) is 18.1 Å². The van der Waals surface area contributed by atoms with Gasteiger partial charge in [-0.05, 0) is 37.6 Å². The molecule has 2 aromatic carbocycles. The van der Waals surface area contributed by atoms with Crippen molar-refractivity contribution in [3.63, 3.8) is 0 Å². The van der Waals surface area contributed by atoms with Gasteiger partial charge in [0.25, 0.3) is 11.6 Å². The van der Waals surface area contributed by atoms with Gasteiger partial charge in [0, 0.05) is 17.7 Å². The fourth-order valence-corrected chi connectivity index (χ4v) is 3.05. The van der Waals surface area contributed by atoms with E-state index >= 15 is 0 Å². The molecule has 1 fully saturated rings. The van der Waals surface area contributed by atoms with E-state index in [4.69, 9.17) is 4.74 Å². The predicted octanol–water partition coefficient (Wildman–Crippen LogP) is 2.96. The van der Waals surface area contributed by atoms with Gasteiger partial charge in [0.15, 0.2) is 0 Å². The zero-order valence-electron chi connectivity index (χ0n) is 15.0. The lowest BCUT2D eigenvalue weighted by atomic mass is 9.92. The zero-order valence-corrected chi connectivity index (χ0v) is 15.0. The number of hydrogen-bond donors (Lipinski definition) is 1. The van der Waals surface area contributed by atoms with Crippen LogP contribution in [-0.2, 0) is 16.9 Å². The number of ether oxygens (including phenoxy) is 1. The summed E-state index contributed by atoms with van der Waals surface area (Å²) in [5.41, 5.74) is -0.170. The zero-order chi connectivity index (χ0) is 19.6. The monoisotopic (exact) mass is 369 g/mol. The summed E-state index contributed by atoms with van der Waals surface area (Å²) in [5, 5.41) is 13.5. The maximum atomic E-state index is 13.0. The largest absolute Gasteiger partial charge is 0.494 e. The molecule has 0 bridgehead atoms. The second kappa shape index (κ2) is 7.06. The van der Waals surface area contributed by atoms with Crippen LogP contribution >= 0.6 is 0 Å². The Labute approximate surface area is 155 Å². The number of non-ortho nitro benzene ring substituents is 1. The highest BCUT2D eigenvalue weighted by atomic mass is 16.6. The van der Waals surface area contributed by atoms with E-state index in [1.165, 1.54) is 24.3 Å². The number of nitrogens with one attached hydrogen (secondary N) is 1. The molecule has 8 nitrogen and oxygen atoms in total. The minimum atomic E-state index is -1.28. The van der Waals surface area contributed by atoms with Crippen molar-refractivity contribution < 1.29 is 19.2 Å². The summed E-state index contributed by atoms with van der Waals surface area (Å²) in [6.07, 6.45) is 0. The second-order valence-electron chi connectivity index (χ2n) is 6.29. The lowest BCUT2D eigenvalue weighted by Crippen LogP contribution is -2.40. The minimum absolute atomic E-state index is 0.0728. The van der Waals surface area contributed by atoms with Gasteiger partial charge in [-0.25, -0.2) is 4.79 Å². The number of benzene rings is 2. The number of imide groups is 1. The molecule has 3 amide bonds. The number of nitro groups is 1. The summed E-state index contributed by atoms with van der Waals surface area (Å²) in [4.78, 5) is 36.9. The molecule has 1 aliphatic heterocycles. The molecule has 3 rings (SSSR count). The van der Waals surface area contributed by atoms with E-state index in [0.29, 0.717) is 17.9 Å². The number of amides is 3. The fourth-order valence-electron chi connectivity index (χ4n) is 3.05. The molecule has 1 atom stereocenters. The van der Waals surface area contributed by atoms with Crippen LogP contribution in [0.25, 0.3) is 0 Å². The predicted molar refractivity (Wildman–Crippen MR) is 97.1 cm³/mol. The van der Waals surface area contributed by atoms with E-state index < -0.39 is 22.4 Å². The molecule has 1 saturated heterocycles. The van der Waals surface area contributed by atoms with E-state index in [1.807, 2.05) is 19.1 Å². The summed E-state index contributed by atoms with van der Waals surface area (Å²) in [7, 11) is 0. The SMILES string of the molecule is CCOc1ccccc1CN1C(=O)N[C@@](C)(c2ccc([N+](=O)[O-])cc2)C1=O. The molecule has 8 heteroatoms. The number of nitrogens with zero attached hydrogens (tertiary/aromatic N) is 2. The summed E-state index contributed by atoms with van der Waals surface area (Å²) in [6.45, 7) is 3.99. The van der Waals surface area contributed by atoms with Gasteiger partial charge in [-0.3, -0.25) is 19.8 Å². The third-order valence-corrected chi connectivity index (χ3v) is 4.53. The van der Waals surface area contributed by atoms with Crippen LogP contribution in [0.5, 0.6) is 5.75 Å². The van der Waals surface area contributed by atoms with Crippen molar-refractivity contribution in [3.8, 4) is 5.75 Å². The first-order chi connectivity index (χ1) is 12.9. The minimum Gasteiger partial charge on any atom is -0.494 e. The van der Waals surface area contributed by atoms with Gasteiger partial charge in [0.1, 0.15) is 11.3 Å². The number of para-hydroxylation sites is 1. The molecule has 1 heterocycles. The maximum absolute atomic E-state index is 13.0. The standard InChI is InChI=1S/C19H19N3O5/c1-3-27-16-7-5-4-6-13(16)12-21-17(23)19(2,20-18(21)24)14-8-10-15(11-9-14)22(25)26/h4-11H,3,12H2,1-2H3,(H,20,24)/t19-/m0/s1. The molecule has 0 radical (unpaired) electrons. The lowest BCUT2D eigenvalue weighted by Gasteiger charge is -2.22. The molecule has 0 unspecified atom stereocenters. The Balaban J connectivity index is 1.87.